The predicted octanol–water partition coefficient (Wildman–Crippen LogP) is 1.98. The van der Waals surface area contributed by atoms with Gasteiger partial charge in [-0.1, -0.05) is 27.7 Å². The fraction of sp³-hybridized carbons (Fsp3) is 0.917. The Hall–Kier alpha value is -0.570. The first-order valence-electron chi connectivity index (χ1n) is 5.91. The third-order valence-corrected chi connectivity index (χ3v) is 3.00. The van der Waals surface area contributed by atoms with Crippen molar-refractivity contribution in [3.63, 3.8) is 0 Å². The number of nitrogens with zero attached hydrogens (tertiary/aromatic N) is 1. The van der Waals surface area contributed by atoms with E-state index in [9.17, 15) is 4.79 Å². The van der Waals surface area contributed by atoms with Crippen molar-refractivity contribution in [1.29, 1.82) is 0 Å². The van der Waals surface area contributed by atoms with E-state index < -0.39 is 0 Å². The monoisotopic (exact) mass is 212 g/mol. The number of hydrogen-bond acceptors (Lipinski definition) is 2. The number of nitrogens with one attached hydrogen (secondary N) is 1. The summed E-state index contributed by atoms with van der Waals surface area (Å²) in [6, 6.07) is 0.0416. The molecule has 3 heteroatoms. The molecular weight excluding hydrogens is 188 g/mol. The van der Waals surface area contributed by atoms with Gasteiger partial charge in [0.05, 0.1) is 12.2 Å². The van der Waals surface area contributed by atoms with Gasteiger partial charge in [-0.3, -0.25) is 10.1 Å². The molecule has 1 heterocycles. The van der Waals surface area contributed by atoms with Crippen LogP contribution in [0.5, 0.6) is 0 Å². The van der Waals surface area contributed by atoms with Gasteiger partial charge in [0.15, 0.2) is 0 Å². The highest BCUT2D eigenvalue weighted by Crippen LogP contribution is 2.21. The van der Waals surface area contributed by atoms with Crippen LogP contribution < -0.4 is 5.32 Å². The Kier molecular flexibility index (Phi) is 3.77. The molecule has 0 aromatic rings. The summed E-state index contributed by atoms with van der Waals surface area (Å²) < 4.78 is 0. The number of carbonyl (C=O) groups is 1. The fourth-order valence-electron chi connectivity index (χ4n) is 1.90. The van der Waals surface area contributed by atoms with Crippen LogP contribution in [0.25, 0.3) is 0 Å². The minimum absolute atomic E-state index is 0.0416. The summed E-state index contributed by atoms with van der Waals surface area (Å²) in [6.07, 6.45) is 2.14. The lowest BCUT2D eigenvalue weighted by atomic mass is 9.92. The largest absolute Gasteiger partial charge is 0.326 e. The molecule has 1 aliphatic heterocycles. The molecule has 0 spiro atoms. The van der Waals surface area contributed by atoms with Crippen LogP contribution in [0, 0.1) is 5.41 Å². The van der Waals surface area contributed by atoms with Crippen molar-refractivity contribution in [3.8, 4) is 0 Å². The Morgan fingerprint density at radius 3 is 2.40 bits per heavy atom. The predicted molar refractivity (Wildman–Crippen MR) is 62.5 cm³/mol. The van der Waals surface area contributed by atoms with Crippen molar-refractivity contribution < 1.29 is 4.79 Å². The second-order valence-electron chi connectivity index (χ2n) is 5.65. The molecule has 1 aliphatic rings. The van der Waals surface area contributed by atoms with E-state index in [-0.39, 0.29) is 18.1 Å². The summed E-state index contributed by atoms with van der Waals surface area (Å²) in [5, 5.41) is 3.32. The van der Waals surface area contributed by atoms with Crippen LogP contribution in [0.15, 0.2) is 0 Å². The minimum atomic E-state index is 0.0416. The number of hydrogen-bond donors (Lipinski definition) is 1. The van der Waals surface area contributed by atoms with E-state index in [1.54, 1.807) is 0 Å². The first-order chi connectivity index (χ1) is 6.85. The summed E-state index contributed by atoms with van der Waals surface area (Å²) in [7, 11) is 0. The zero-order chi connectivity index (χ0) is 11.6. The third-order valence-electron chi connectivity index (χ3n) is 3.00. The van der Waals surface area contributed by atoms with Gasteiger partial charge < -0.3 is 4.90 Å². The molecule has 0 aliphatic carbocycles. The number of carbonyl (C=O) groups excluding carboxylic acids is 1. The molecule has 88 valence electrons. The van der Waals surface area contributed by atoms with Gasteiger partial charge in [-0.25, -0.2) is 0 Å². The molecule has 1 amide bonds. The maximum atomic E-state index is 11.9. The Balaban J connectivity index is 2.52. The molecule has 2 unspecified atom stereocenters. The van der Waals surface area contributed by atoms with E-state index in [1.165, 1.54) is 0 Å². The molecule has 2 atom stereocenters. The van der Waals surface area contributed by atoms with Crippen molar-refractivity contribution in [1.82, 2.24) is 10.2 Å². The van der Waals surface area contributed by atoms with Gasteiger partial charge in [0.1, 0.15) is 0 Å². The molecule has 0 saturated carbocycles. The van der Waals surface area contributed by atoms with Crippen LogP contribution in [-0.2, 0) is 4.79 Å². The average Bonchev–Trinajstić information content (AvgIpc) is 2.37. The molecule has 0 radical (unpaired) electrons. The molecule has 1 fully saturated rings. The molecule has 0 aromatic carbocycles. The first kappa shape index (κ1) is 12.5. The van der Waals surface area contributed by atoms with Gasteiger partial charge in [0.25, 0.3) is 0 Å². The van der Waals surface area contributed by atoms with Crippen LogP contribution in [0.1, 0.15) is 47.5 Å². The van der Waals surface area contributed by atoms with Crippen LogP contribution in [0.4, 0.5) is 0 Å². The van der Waals surface area contributed by atoms with Gasteiger partial charge in [-0.15, -0.1) is 0 Å². The van der Waals surface area contributed by atoms with E-state index in [4.69, 9.17) is 0 Å². The lowest BCUT2D eigenvalue weighted by Gasteiger charge is -2.26. The SMILES string of the molecule is CCC1NC(C)N(CCC(C)(C)C)C1=O. The van der Waals surface area contributed by atoms with Gasteiger partial charge >= 0.3 is 0 Å². The zero-order valence-electron chi connectivity index (χ0n) is 10.6. The molecule has 3 nitrogen and oxygen atoms in total. The van der Waals surface area contributed by atoms with Gasteiger partial charge in [-0.2, -0.15) is 0 Å². The Morgan fingerprint density at radius 1 is 1.40 bits per heavy atom. The maximum absolute atomic E-state index is 11.9. The van der Waals surface area contributed by atoms with Crippen LogP contribution in [0.2, 0.25) is 0 Å². The van der Waals surface area contributed by atoms with E-state index in [0.29, 0.717) is 5.41 Å². The van der Waals surface area contributed by atoms with Crippen LogP contribution in [0.3, 0.4) is 0 Å². The third kappa shape index (κ3) is 3.20. The Bertz CT molecular complexity index is 232. The van der Waals surface area contributed by atoms with Crippen LogP contribution in [-0.4, -0.2) is 29.6 Å². The lowest BCUT2D eigenvalue weighted by molar-refractivity contribution is -0.130. The summed E-state index contributed by atoms with van der Waals surface area (Å²) in [5.41, 5.74) is 0.296. The normalized spacial score (nSPS) is 27.5. The highest BCUT2D eigenvalue weighted by Gasteiger charge is 2.35. The summed E-state index contributed by atoms with van der Waals surface area (Å²) in [4.78, 5) is 13.9. The number of rotatable bonds is 3. The quantitative estimate of drug-likeness (QED) is 0.776. The molecule has 1 saturated heterocycles. The van der Waals surface area contributed by atoms with Crippen LogP contribution >= 0.6 is 0 Å². The molecule has 0 bridgehead atoms. The Labute approximate surface area is 93.2 Å². The van der Waals surface area contributed by atoms with Crippen molar-refractivity contribution >= 4 is 5.91 Å². The Morgan fingerprint density at radius 2 is 2.00 bits per heavy atom. The molecule has 1 N–H and O–H groups in total. The summed E-state index contributed by atoms with van der Waals surface area (Å²) in [6.45, 7) is 11.6. The van der Waals surface area contributed by atoms with E-state index in [0.717, 1.165) is 19.4 Å². The molecular formula is C12H24N2O. The smallest absolute Gasteiger partial charge is 0.240 e. The number of amides is 1. The minimum Gasteiger partial charge on any atom is -0.326 e. The molecule has 15 heavy (non-hydrogen) atoms. The maximum Gasteiger partial charge on any atom is 0.240 e. The summed E-state index contributed by atoms with van der Waals surface area (Å²) in [5.74, 6) is 0.272. The first-order valence-corrected chi connectivity index (χ1v) is 5.91. The zero-order valence-corrected chi connectivity index (χ0v) is 10.6. The highest BCUT2D eigenvalue weighted by molar-refractivity contribution is 5.84. The van der Waals surface area contributed by atoms with Gasteiger partial charge in [-0.05, 0) is 25.2 Å². The molecule has 1 rings (SSSR count). The second-order valence-corrected chi connectivity index (χ2v) is 5.65. The topological polar surface area (TPSA) is 32.3 Å². The van der Waals surface area contributed by atoms with E-state index >= 15 is 0 Å². The fourth-order valence-corrected chi connectivity index (χ4v) is 1.90. The van der Waals surface area contributed by atoms with E-state index in [1.807, 2.05) is 4.90 Å². The van der Waals surface area contributed by atoms with Crippen molar-refractivity contribution in [3.05, 3.63) is 0 Å². The average molecular weight is 212 g/mol. The van der Waals surface area contributed by atoms with E-state index in [2.05, 4.69) is 39.9 Å². The molecule has 0 aromatic heterocycles. The van der Waals surface area contributed by atoms with Gasteiger partial charge in [0.2, 0.25) is 5.91 Å². The lowest BCUT2D eigenvalue weighted by Crippen LogP contribution is -2.36. The summed E-state index contributed by atoms with van der Waals surface area (Å²) >= 11 is 0. The van der Waals surface area contributed by atoms with Crippen molar-refractivity contribution in [2.45, 2.75) is 59.7 Å². The second kappa shape index (κ2) is 4.52. The van der Waals surface area contributed by atoms with Crippen molar-refractivity contribution in [2.75, 3.05) is 6.54 Å². The highest BCUT2D eigenvalue weighted by atomic mass is 16.2. The van der Waals surface area contributed by atoms with Gasteiger partial charge in [0, 0.05) is 6.54 Å². The van der Waals surface area contributed by atoms with Crippen molar-refractivity contribution in [2.24, 2.45) is 5.41 Å². The standard InChI is InChI=1S/C12H24N2O/c1-6-10-11(15)14(9(2)13-10)8-7-12(3,4)5/h9-10,13H,6-8H2,1-5H3.